The van der Waals surface area contributed by atoms with Gasteiger partial charge in [0, 0.05) is 13.1 Å². The van der Waals surface area contributed by atoms with Crippen LogP contribution in [0.1, 0.15) is 25.0 Å². The Balaban J connectivity index is 2.25. The van der Waals surface area contributed by atoms with E-state index in [0.29, 0.717) is 18.7 Å². The smallest absolute Gasteiger partial charge is 0.307 e. The highest BCUT2D eigenvalue weighted by molar-refractivity contribution is 5.69. The van der Waals surface area contributed by atoms with Crippen molar-refractivity contribution in [2.75, 3.05) is 19.7 Å². The summed E-state index contributed by atoms with van der Waals surface area (Å²) < 4.78 is 17.7. The van der Waals surface area contributed by atoms with Crippen molar-refractivity contribution < 1.29 is 19.0 Å². The molecule has 2 N–H and O–H groups in total. The Bertz CT molecular complexity index is 384. The minimum Gasteiger partial charge on any atom is -0.466 e. The van der Waals surface area contributed by atoms with Gasteiger partial charge in [0.1, 0.15) is 5.82 Å². The monoisotopic (exact) mass is 255 g/mol. The van der Waals surface area contributed by atoms with Gasteiger partial charge in [-0.25, -0.2) is 4.39 Å². The Labute approximate surface area is 106 Å². The molecule has 0 aromatic heterocycles. The van der Waals surface area contributed by atoms with Crippen molar-refractivity contribution in [1.29, 1.82) is 0 Å². The lowest BCUT2D eigenvalue weighted by atomic mass is 10.1. The Hall–Kier alpha value is -1.46. The maximum absolute atomic E-state index is 12.9. The number of hydrogen-bond donors (Lipinski definition) is 2. The molecule has 100 valence electrons. The number of rotatable bonds is 7. The molecule has 0 aliphatic rings. The molecule has 1 atom stereocenters. The Morgan fingerprint density at radius 2 is 2.33 bits per heavy atom. The lowest BCUT2D eigenvalue weighted by Gasteiger charge is -2.12. The summed E-state index contributed by atoms with van der Waals surface area (Å²) in [4.78, 5) is 11.0. The first-order valence-corrected chi connectivity index (χ1v) is 5.93. The Kier molecular flexibility index (Phi) is 6.32. The second-order valence-electron chi connectivity index (χ2n) is 3.83. The van der Waals surface area contributed by atoms with Gasteiger partial charge in [-0.3, -0.25) is 4.79 Å². The minimum atomic E-state index is -0.789. The molecule has 1 aromatic rings. The van der Waals surface area contributed by atoms with Crippen LogP contribution in [0.2, 0.25) is 0 Å². The van der Waals surface area contributed by atoms with Crippen LogP contribution < -0.4 is 5.32 Å². The molecule has 0 bridgehead atoms. The summed E-state index contributed by atoms with van der Waals surface area (Å²) in [6.07, 6.45) is -0.535. The third-order valence-corrected chi connectivity index (χ3v) is 2.38. The van der Waals surface area contributed by atoms with Gasteiger partial charge in [0.15, 0.2) is 0 Å². The molecule has 1 unspecified atom stereocenters. The average Bonchev–Trinajstić information content (AvgIpc) is 2.35. The van der Waals surface area contributed by atoms with E-state index in [2.05, 4.69) is 5.32 Å². The number of aliphatic hydroxyl groups is 1. The summed E-state index contributed by atoms with van der Waals surface area (Å²) in [6, 6.07) is 5.81. The molecule has 0 aliphatic heterocycles. The largest absolute Gasteiger partial charge is 0.466 e. The van der Waals surface area contributed by atoms with Crippen LogP contribution in [0.4, 0.5) is 4.39 Å². The maximum Gasteiger partial charge on any atom is 0.307 e. The fourth-order valence-corrected chi connectivity index (χ4v) is 1.49. The molecule has 4 nitrogen and oxygen atoms in total. The summed E-state index contributed by atoms with van der Waals surface area (Å²) in [5.41, 5.74) is 0.513. The third kappa shape index (κ3) is 5.25. The van der Waals surface area contributed by atoms with E-state index in [9.17, 15) is 14.3 Å². The Morgan fingerprint density at radius 1 is 1.56 bits per heavy atom. The molecule has 1 rings (SSSR count). The first kappa shape index (κ1) is 14.6. The highest BCUT2D eigenvalue weighted by atomic mass is 19.1. The van der Waals surface area contributed by atoms with Gasteiger partial charge < -0.3 is 15.2 Å². The SMILES string of the molecule is CCOC(=O)CCNCC(O)c1cccc(F)c1. The Morgan fingerprint density at radius 3 is 3.00 bits per heavy atom. The van der Waals surface area contributed by atoms with Crippen LogP contribution in [0.15, 0.2) is 24.3 Å². The molecule has 0 spiro atoms. The number of benzene rings is 1. The van der Waals surface area contributed by atoms with Gasteiger partial charge in [-0.2, -0.15) is 0 Å². The van der Waals surface area contributed by atoms with Crippen LogP contribution in [0, 0.1) is 5.82 Å². The van der Waals surface area contributed by atoms with E-state index >= 15 is 0 Å². The molecule has 18 heavy (non-hydrogen) atoms. The standard InChI is InChI=1S/C13H18FNO3/c1-2-18-13(17)6-7-15-9-12(16)10-4-3-5-11(14)8-10/h3-5,8,12,15-16H,2,6-7,9H2,1H3. The van der Waals surface area contributed by atoms with Gasteiger partial charge in [-0.15, -0.1) is 0 Å². The van der Waals surface area contributed by atoms with Crippen LogP contribution in [-0.2, 0) is 9.53 Å². The quantitative estimate of drug-likeness (QED) is 0.571. The highest BCUT2D eigenvalue weighted by Gasteiger charge is 2.08. The lowest BCUT2D eigenvalue weighted by Crippen LogP contribution is -2.24. The second-order valence-corrected chi connectivity index (χ2v) is 3.83. The molecule has 0 saturated heterocycles. The van der Waals surface area contributed by atoms with Crippen molar-refractivity contribution in [3.8, 4) is 0 Å². The average molecular weight is 255 g/mol. The van der Waals surface area contributed by atoms with Gasteiger partial charge in [0.2, 0.25) is 0 Å². The summed E-state index contributed by atoms with van der Waals surface area (Å²) >= 11 is 0. The molecule has 0 aliphatic carbocycles. The zero-order chi connectivity index (χ0) is 13.4. The topological polar surface area (TPSA) is 58.6 Å². The van der Waals surface area contributed by atoms with Crippen LogP contribution >= 0.6 is 0 Å². The van der Waals surface area contributed by atoms with Crippen molar-refractivity contribution in [3.05, 3.63) is 35.6 Å². The van der Waals surface area contributed by atoms with Crippen LogP contribution in [-0.4, -0.2) is 30.8 Å². The molecular weight excluding hydrogens is 237 g/mol. The van der Waals surface area contributed by atoms with Crippen molar-refractivity contribution in [3.63, 3.8) is 0 Å². The number of carbonyl (C=O) groups excluding carboxylic acids is 1. The normalized spacial score (nSPS) is 12.2. The van der Waals surface area contributed by atoms with Gasteiger partial charge in [-0.1, -0.05) is 12.1 Å². The maximum atomic E-state index is 12.9. The number of hydrogen-bond acceptors (Lipinski definition) is 4. The number of carbonyl (C=O) groups is 1. The zero-order valence-corrected chi connectivity index (χ0v) is 10.4. The van der Waals surface area contributed by atoms with Gasteiger partial charge in [-0.05, 0) is 24.6 Å². The predicted molar refractivity (Wildman–Crippen MR) is 65.5 cm³/mol. The first-order chi connectivity index (χ1) is 8.63. The molecule has 0 radical (unpaired) electrons. The van der Waals surface area contributed by atoms with E-state index in [1.165, 1.54) is 12.1 Å². The molecule has 0 amide bonds. The second kappa shape index (κ2) is 7.79. The summed E-state index contributed by atoms with van der Waals surface area (Å²) in [5, 5.41) is 12.7. The number of nitrogens with one attached hydrogen (secondary N) is 1. The lowest BCUT2D eigenvalue weighted by molar-refractivity contribution is -0.143. The molecule has 1 aromatic carbocycles. The van der Waals surface area contributed by atoms with Crippen molar-refractivity contribution in [2.45, 2.75) is 19.4 Å². The van der Waals surface area contributed by atoms with Gasteiger partial charge in [0.25, 0.3) is 0 Å². The molecule has 5 heteroatoms. The van der Waals surface area contributed by atoms with Crippen molar-refractivity contribution in [2.24, 2.45) is 0 Å². The van der Waals surface area contributed by atoms with E-state index in [1.807, 2.05) is 0 Å². The predicted octanol–water partition coefficient (Wildman–Crippen LogP) is 1.40. The van der Waals surface area contributed by atoms with Crippen LogP contribution in [0.3, 0.4) is 0 Å². The molecule has 0 heterocycles. The van der Waals surface area contributed by atoms with Crippen LogP contribution in [0.25, 0.3) is 0 Å². The number of aliphatic hydroxyl groups excluding tert-OH is 1. The first-order valence-electron chi connectivity index (χ1n) is 5.93. The number of ether oxygens (including phenoxy) is 1. The fraction of sp³-hybridized carbons (Fsp3) is 0.462. The summed E-state index contributed by atoms with van der Waals surface area (Å²) in [7, 11) is 0. The summed E-state index contributed by atoms with van der Waals surface area (Å²) in [6.45, 7) is 2.80. The summed E-state index contributed by atoms with van der Waals surface area (Å²) in [5.74, 6) is -0.650. The van der Waals surface area contributed by atoms with Crippen molar-refractivity contribution >= 4 is 5.97 Å². The molecule has 0 fully saturated rings. The van der Waals surface area contributed by atoms with Gasteiger partial charge in [0.05, 0.1) is 19.1 Å². The van der Waals surface area contributed by atoms with Gasteiger partial charge >= 0.3 is 5.97 Å². The molecule has 0 saturated carbocycles. The third-order valence-electron chi connectivity index (χ3n) is 2.38. The van der Waals surface area contributed by atoms with E-state index < -0.39 is 6.10 Å². The van der Waals surface area contributed by atoms with E-state index in [1.54, 1.807) is 19.1 Å². The van der Waals surface area contributed by atoms with Crippen LogP contribution in [0.5, 0.6) is 0 Å². The number of halogens is 1. The fourth-order valence-electron chi connectivity index (χ4n) is 1.49. The molecular formula is C13H18FNO3. The zero-order valence-electron chi connectivity index (χ0n) is 10.4. The highest BCUT2D eigenvalue weighted by Crippen LogP contribution is 2.12. The van der Waals surface area contributed by atoms with E-state index in [4.69, 9.17) is 4.74 Å². The van der Waals surface area contributed by atoms with E-state index in [-0.39, 0.29) is 24.8 Å². The number of esters is 1. The van der Waals surface area contributed by atoms with E-state index in [0.717, 1.165) is 0 Å². The van der Waals surface area contributed by atoms with Crippen molar-refractivity contribution in [1.82, 2.24) is 5.32 Å². The minimum absolute atomic E-state index is 0.254.